The predicted octanol–water partition coefficient (Wildman–Crippen LogP) is 4.84. The lowest BCUT2D eigenvalue weighted by molar-refractivity contribution is -0.0101. The number of aliphatic hydroxyl groups is 1. The molecule has 0 aromatic heterocycles. The van der Waals surface area contributed by atoms with Gasteiger partial charge in [0.05, 0.1) is 0 Å². The van der Waals surface area contributed by atoms with E-state index in [-0.39, 0.29) is 0 Å². The van der Waals surface area contributed by atoms with Gasteiger partial charge < -0.3 is 5.11 Å². The zero-order valence-corrected chi connectivity index (χ0v) is 12.6. The van der Waals surface area contributed by atoms with Crippen LogP contribution < -0.4 is 0 Å². The van der Waals surface area contributed by atoms with E-state index in [1.807, 2.05) is 18.2 Å². The molecule has 100 valence electrons. The summed E-state index contributed by atoms with van der Waals surface area (Å²) in [5, 5.41) is 11.4. The van der Waals surface area contributed by atoms with Crippen molar-refractivity contribution in [1.29, 1.82) is 0 Å². The number of hydrogen-bond acceptors (Lipinski definition) is 1. The highest BCUT2D eigenvalue weighted by atomic mass is 35.5. The number of benzene rings is 1. The summed E-state index contributed by atoms with van der Waals surface area (Å²) >= 11 is 18.9. The Balaban J connectivity index is 2.46. The van der Waals surface area contributed by atoms with Crippen molar-refractivity contribution < 1.29 is 5.11 Å². The average Bonchev–Trinajstić information content (AvgIpc) is 2.32. The largest absolute Gasteiger partial charge is 0.382 e. The molecule has 1 atom stereocenters. The van der Waals surface area contributed by atoms with Gasteiger partial charge in [-0.05, 0) is 30.9 Å². The van der Waals surface area contributed by atoms with Gasteiger partial charge in [0.15, 0.2) is 4.33 Å². The minimum absolute atomic E-state index is 0.546. The van der Waals surface area contributed by atoms with Gasteiger partial charge in [-0.1, -0.05) is 66.7 Å². The molecular formula is C14H17Cl3O. The number of hydrogen-bond donors (Lipinski definition) is 1. The lowest BCUT2D eigenvalue weighted by Crippen LogP contribution is -2.46. The molecule has 1 aromatic rings. The van der Waals surface area contributed by atoms with E-state index in [4.69, 9.17) is 34.8 Å². The van der Waals surface area contributed by atoms with E-state index in [1.165, 1.54) is 0 Å². The van der Waals surface area contributed by atoms with Gasteiger partial charge in [-0.2, -0.15) is 0 Å². The van der Waals surface area contributed by atoms with Crippen LogP contribution in [0, 0.1) is 0 Å². The maximum Gasteiger partial charge on any atom is 0.150 e. The molecule has 1 aliphatic rings. The fraction of sp³-hybridized carbons (Fsp3) is 0.571. The summed E-state index contributed by atoms with van der Waals surface area (Å²) in [7, 11) is 0. The van der Waals surface area contributed by atoms with E-state index in [1.54, 1.807) is 0 Å². The zero-order chi connectivity index (χ0) is 13.4. The quantitative estimate of drug-likeness (QED) is 0.775. The highest BCUT2D eigenvalue weighted by molar-refractivity contribution is 6.49. The number of rotatable bonds is 2. The van der Waals surface area contributed by atoms with Crippen molar-refractivity contribution >= 4 is 34.8 Å². The fourth-order valence-corrected chi connectivity index (χ4v) is 3.58. The van der Waals surface area contributed by atoms with Gasteiger partial charge in [-0.15, -0.1) is 0 Å². The molecule has 0 heterocycles. The molecule has 1 fully saturated rings. The van der Waals surface area contributed by atoms with E-state index >= 15 is 0 Å². The molecule has 1 nitrogen and oxygen atoms in total. The number of alkyl halides is 2. The zero-order valence-electron chi connectivity index (χ0n) is 10.3. The van der Waals surface area contributed by atoms with Crippen molar-refractivity contribution in [3.05, 3.63) is 34.3 Å². The molecule has 0 radical (unpaired) electrons. The first-order valence-electron chi connectivity index (χ1n) is 6.30. The van der Waals surface area contributed by atoms with E-state index in [0.29, 0.717) is 23.4 Å². The summed E-state index contributed by atoms with van der Waals surface area (Å²) in [6.45, 7) is 2.06. The normalized spacial score (nSPS) is 27.2. The minimum atomic E-state index is -1.25. The molecule has 0 amide bonds. The summed E-state index contributed by atoms with van der Waals surface area (Å²) in [6.07, 6.45) is 3.87. The van der Waals surface area contributed by atoms with Crippen molar-refractivity contribution in [3.63, 3.8) is 0 Å². The predicted molar refractivity (Wildman–Crippen MR) is 77.6 cm³/mol. The van der Waals surface area contributed by atoms with Crippen molar-refractivity contribution in [2.24, 2.45) is 0 Å². The average molecular weight is 308 g/mol. The second kappa shape index (κ2) is 5.20. The first kappa shape index (κ1) is 14.5. The molecule has 18 heavy (non-hydrogen) atoms. The molecule has 1 saturated carbocycles. The Morgan fingerprint density at radius 1 is 1.22 bits per heavy atom. The molecule has 1 N–H and O–H groups in total. The van der Waals surface area contributed by atoms with Crippen LogP contribution in [0.25, 0.3) is 0 Å². The van der Waals surface area contributed by atoms with Crippen molar-refractivity contribution in [2.75, 3.05) is 0 Å². The van der Waals surface area contributed by atoms with Crippen LogP contribution in [0.5, 0.6) is 0 Å². The van der Waals surface area contributed by atoms with Crippen molar-refractivity contribution in [3.8, 4) is 0 Å². The van der Waals surface area contributed by atoms with Gasteiger partial charge in [-0.3, -0.25) is 0 Å². The SMILES string of the molecule is CCc1ccc(C2(O)CCCCC2(Cl)Cl)c(Cl)c1. The number of halogens is 3. The molecule has 2 rings (SSSR count). The smallest absolute Gasteiger partial charge is 0.150 e. The van der Waals surface area contributed by atoms with E-state index in [0.717, 1.165) is 24.8 Å². The van der Waals surface area contributed by atoms with Crippen LogP contribution in [-0.2, 0) is 12.0 Å². The molecule has 0 bridgehead atoms. The Morgan fingerprint density at radius 3 is 2.44 bits per heavy atom. The van der Waals surface area contributed by atoms with Gasteiger partial charge >= 0.3 is 0 Å². The van der Waals surface area contributed by atoms with Gasteiger partial charge in [-0.25, -0.2) is 0 Å². The molecule has 1 unspecified atom stereocenters. The van der Waals surface area contributed by atoms with Gasteiger partial charge in [0.2, 0.25) is 0 Å². The Kier molecular flexibility index (Phi) is 4.18. The summed E-state index contributed by atoms with van der Waals surface area (Å²) < 4.78 is -1.16. The Bertz CT molecular complexity index is 445. The maximum absolute atomic E-state index is 10.9. The van der Waals surface area contributed by atoms with Crippen LogP contribution in [0.2, 0.25) is 5.02 Å². The third kappa shape index (κ3) is 2.38. The van der Waals surface area contributed by atoms with E-state index in [9.17, 15) is 5.11 Å². The molecule has 1 aromatic carbocycles. The van der Waals surface area contributed by atoms with Crippen LogP contribution in [0.3, 0.4) is 0 Å². The van der Waals surface area contributed by atoms with Gasteiger partial charge in [0.1, 0.15) is 5.60 Å². The summed E-state index contributed by atoms with van der Waals surface area (Å²) in [4.78, 5) is 0. The fourth-order valence-electron chi connectivity index (χ4n) is 2.56. The molecular weight excluding hydrogens is 291 g/mol. The molecule has 0 saturated heterocycles. The maximum atomic E-state index is 10.9. The molecule has 1 aliphatic carbocycles. The molecule has 0 spiro atoms. The van der Waals surface area contributed by atoms with Crippen LogP contribution >= 0.6 is 34.8 Å². The first-order chi connectivity index (χ1) is 8.40. The second-order valence-corrected chi connectivity index (χ2v) is 6.83. The highest BCUT2D eigenvalue weighted by Gasteiger charge is 2.51. The third-order valence-corrected chi connectivity index (χ3v) is 5.09. The topological polar surface area (TPSA) is 20.2 Å². The van der Waals surface area contributed by atoms with Crippen molar-refractivity contribution in [1.82, 2.24) is 0 Å². The summed E-state index contributed by atoms with van der Waals surface area (Å²) in [5.41, 5.74) is 0.529. The first-order valence-corrected chi connectivity index (χ1v) is 7.43. The Morgan fingerprint density at radius 2 is 1.89 bits per heavy atom. The van der Waals surface area contributed by atoms with Crippen LogP contribution in [0.15, 0.2) is 18.2 Å². The lowest BCUT2D eigenvalue weighted by atomic mass is 9.78. The monoisotopic (exact) mass is 306 g/mol. The Hall–Kier alpha value is 0.0500. The standard InChI is InChI=1S/C14H17Cl3O/c1-2-10-5-6-11(12(15)9-10)13(18)7-3-4-8-14(13,16)17/h5-6,9,18H,2-4,7-8H2,1H3. The third-order valence-electron chi connectivity index (χ3n) is 3.77. The van der Waals surface area contributed by atoms with Crippen LogP contribution in [-0.4, -0.2) is 9.44 Å². The summed E-state index contributed by atoms with van der Waals surface area (Å²) in [6, 6.07) is 5.71. The Labute approximate surface area is 123 Å². The number of aryl methyl sites for hydroxylation is 1. The second-order valence-electron chi connectivity index (χ2n) is 4.94. The van der Waals surface area contributed by atoms with Gasteiger partial charge in [0.25, 0.3) is 0 Å². The minimum Gasteiger partial charge on any atom is -0.382 e. The van der Waals surface area contributed by atoms with Gasteiger partial charge in [0, 0.05) is 10.6 Å². The van der Waals surface area contributed by atoms with Crippen LogP contribution in [0.1, 0.15) is 43.7 Å². The van der Waals surface area contributed by atoms with Crippen LogP contribution in [0.4, 0.5) is 0 Å². The van der Waals surface area contributed by atoms with E-state index < -0.39 is 9.93 Å². The highest BCUT2D eigenvalue weighted by Crippen LogP contribution is 2.52. The summed E-state index contributed by atoms with van der Waals surface area (Å²) in [5.74, 6) is 0. The lowest BCUT2D eigenvalue weighted by Gasteiger charge is -2.43. The van der Waals surface area contributed by atoms with Crippen molar-refractivity contribution in [2.45, 2.75) is 49.0 Å². The molecule has 0 aliphatic heterocycles. The molecule has 4 heteroatoms. The van der Waals surface area contributed by atoms with E-state index in [2.05, 4.69) is 6.92 Å².